The number of aryl methyl sites for hydroxylation is 1. The molecule has 2 aromatic heterocycles. The second-order valence-corrected chi connectivity index (χ2v) is 11.4. The van der Waals surface area contributed by atoms with Crippen LogP contribution in [0.2, 0.25) is 5.02 Å². The van der Waals surface area contributed by atoms with E-state index >= 15 is 4.39 Å². The van der Waals surface area contributed by atoms with Crippen molar-refractivity contribution in [2.45, 2.75) is 63.8 Å². The second-order valence-electron chi connectivity index (χ2n) is 11.0. The van der Waals surface area contributed by atoms with E-state index in [9.17, 15) is 18.0 Å². The molecule has 0 aliphatic carbocycles. The first-order chi connectivity index (χ1) is 21.3. The molecule has 2 heterocycles. The second kappa shape index (κ2) is 14.9. The fourth-order valence-electron chi connectivity index (χ4n) is 4.87. The summed E-state index contributed by atoms with van der Waals surface area (Å²) in [6.45, 7) is 6.29. The zero-order valence-electron chi connectivity index (χ0n) is 24.8. The van der Waals surface area contributed by atoms with Crippen molar-refractivity contribution in [3.63, 3.8) is 0 Å². The Hall–Kier alpha value is -4.00. The van der Waals surface area contributed by atoms with Gasteiger partial charge in [-0.1, -0.05) is 29.8 Å². The van der Waals surface area contributed by atoms with Gasteiger partial charge in [0.1, 0.15) is 17.9 Å². The molecular formula is C32H36ClF4N7O. The Bertz CT molecular complexity index is 1710. The van der Waals surface area contributed by atoms with E-state index in [1.807, 2.05) is 19.1 Å². The maximum Gasteiger partial charge on any atom is 0.395 e. The van der Waals surface area contributed by atoms with Gasteiger partial charge in [0.25, 0.3) is 0 Å². The molecule has 45 heavy (non-hydrogen) atoms. The molecule has 13 heteroatoms. The van der Waals surface area contributed by atoms with Crippen molar-refractivity contribution in [2.75, 3.05) is 6.54 Å². The average molecular weight is 646 g/mol. The lowest BCUT2D eigenvalue weighted by molar-refractivity contribution is -0.121. The van der Waals surface area contributed by atoms with Crippen LogP contribution < -0.4 is 22.5 Å². The van der Waals surface area contributed by atoms with E-state index in [1.165, 1.54) is 4.57 Å². The minimum Gasteiger partial charge on any atom is -0.387 e. The van der Waals surface area contributed by atoms with Gasteiger partial charge in [0.05, 0.1) is 16.4 Å². The van der Waals surface area contributed by atoms with Crippen LogP contribution in [0.15, 0.2) is 71.1 Å². The maximum atomic E-state index is 15.1. The number of aromatic amines is 1. The van der Waals surface area contributed by atoms with Crippen LogP contribution in [0, 0.1) is 5.82 Å². The zero-order chi connectivity index (χ0) is 32.7. The van der Waals surface area contributed by atoms with Crippen molar-refractivity contribution in [1.29, 1.82) is 0 Å². The number of alkyl halides is 3. The minimum atomic E-state index is -4.39. The summed E-state index contributed by atoms with van der Waals surface area (Å²) in [5.41, 5.74) is 14.1. The van der Waals surface area contributed by atoms with Gasteiger partial charge in [-0.3, -0.25) is 9.56 Å². The highest BCUT2D eigenvalue weighted by molar-refractivity contribution is 6.31. The van der Waals surface area contributed by atoms with Crippen LogP contribution >= 0.6 is 11.6 Å². The van der Waals surface area contributed by atoms with Gasteiger partial charge in [-0.2, -0.15) is 18.2 Å². The van der Waals surface area contributed by atoms with E-state index in [2.05, 4.69) is 26.9 Å². The Morgan fingerprint density at radius 3 is 2.60 bits per heavy atom. The number of nitrogens with one attached hydrogen (secondary N) is 2. The third-order valence-electron chi connectivity index (χ3n) is 7.22. The van der Waals surface area contributed by atoms with Crippen molar-refractivity contribution in [3.8, 4) is 16.9 Å². The first kappa shape index (κ1) is 33.9. The Morgan fingerprint density at radius 1 is 1.20 bits per heavy atom. The van der Waals surface area contributed by atoms with Gasteiger partial charge in [-0.25, -0.2) is 9.18 Å². The molecule has 6 N–H and O–H groups in total. The van der Waals surface area contributed by atoms with Gasteiger partial charge in [0.2, 0.25) is 0 Å². The predicted octanol–water partition coefficient (Wildman–Crippen LogP) is 6.19. The molecule has 0 saturated carbocycles. The summed E-state index contributed by atoms with van der Waals surface area (Å²) in [4.78, 5) is 23.9. The molecule has 2 aromatic carbocycles. The summed E-state index contributed by atoms with van der Waals surface area (Å²) in [5, 5.41) is 3.90. The topological polar surface area (TPSA) is 127 Å². The molecule has 0 aliphatic rings. The van der Waals surface area contributed by atoms with E-state index in [0.717, 1.165) is 24.0 Å². The highest BCUT2D eigenvalue weighted by Gasteiger charge is 2.28. The van der Waals surface area contributed by atoms with Gasteiger partial charge in [0.15, 0.2) is 5.82 Å². The maximum absolute atomic E-state index is 15.1. The normalized spacial score (nSPS) is 13.7. The number of benzene rings is 2. The highest BCUT2D eigenvalue weighted by atomic mass is 35.5. The van der Waals surface area contributed by atoms with Gasteiger partial charge in [-0.15, -0.1) is 6.58 Å². The third-order valence-corrected chi connectivity index (χ3v) is 7.49. The number of rotatable bonds is 14. The molecular weight excluding hydrogens is 610 g/mol. The van der Waals surface area contributed by atoms with Crippen LogP contribution in [-0.2, 0) is 13.0 Å². The van der Waals surface area contributed by atoms with Crippen molar-refractivity contribution in [2.24, 2.45) is 16.5 Å². The third kappa shape index (κ3) is 9.49. The molecule has 0 radical (unpaired) electrons. The first-order valence-corrected chi connectivity index (χ1v) is 14.9. The van der Waals surface area contributed by atoms with E-state index in [0.29, 0.717) is 47.4 Å². The van der Waals surface area contributed by atoms with E-state index in [-0.39, 0.29) is 23.7 Å². The quantitative estimate of drug-likeness (QED) is 0.0563. The van der Waals surface area contributed by atoms with E-state index in [1.54, 1.807) is 42.6 Å². The van der Waals surface area contributed by atoms with Crippen molar-refractivity contribution < 1.29 is 17.6 Å². The lowest BCUT2D eigenvalue weighted by Crippen LogP contribution is -2.28. The largest absolute Gasteiger partial charge is 0.395 e. The molecule has 1 unspecified atom stereocenters. The number of amidine groups is 1. The molecule has 8 nitrogen and oxygen atoms in total. The zero-order valence-corrected chi connectivity index (χ0v) is 25.6. The summed E-state index contributed by atoms with van der Waals surface area (Å²) in [6, 6.07) is 12.2. The highest BCUT2D eigenvalue weighted by Crippen LogP contribution is 2.31. The summed E-state index contributed by atoms with van der Waals surface area (Å²) in [5.74, 6) is -1.01. The van der Waals surface area contributed by atoms with Crippen molar-refractivity contribution in [3.05, 3.63) is 93.8 Å². The van der Waals surface area contributed by atoms with Crippen LogP contribution in [-0.4, -0.2) is 45.2 Å². The summed E-state index contributed by atoms with van der Waals surface area (Å²) in [6.07, 6.45) is 0.478. The van der Waals surface area contributed by atoms with Gasteiger partial charge in [0, 0.05) is 42.3 Å². The van der Waals surface area contributed by atoms with Crippen LogP contribution in [0.3, 0.4) is 0 Å². The molecule has 240 valence electrons. The number of H-pyrrole nitrogens is 1. The van der Waals surface area contributed by atoms with E-state index < -0.39 is 29.9 Å². The molecule has 0 spiro atoms. The van der Waals surface area contributed by atoms with Crippen molar-refractivity contribution >= 4 is 28.5 Å². The van der Waals surface area contributed by atoms with Crippen molar-refractivity contribution in [1.82, 2.24) is 19.9 Å². The number of nitrogens with two attached hydrogens (primary N) is 2. The number of hydrogen-bond acceptors (Lipinski definition) is 5. The average Bonchev–Trinajstić information content (AvgIpc) is 3.38. The Balaban J connectivity index is 1.45. The Morgan fingerprint density at radius 2 is 1.93 bits per heavy atom. The monoisotopic (exact) mass is 645 g/mol. The van der Waals surface area contributed by atoms with Crippen LogP contribution in [0.5, 0.6) is 0 Å². The SMILES string of the molecule is C=CC(CCN=C(N)CC(F)(F)F)NCc1ccc(-n2cc3cc(-c4cc(CCC[C@H](C)N)cc(Cl)c4F)[nH]c3nc2=O)cc1. The molecule has 0 saturated heterocycles. The molecule has 4 rings (SSSR count). The van der Waals surface area contributed by atoms with Crippen LogP contribution in [0.25, 0.3) is 28.0 Å². The number of hydrogen-bond donors (Lipinski definition) is 4. The smallest absolute Gasteiger partial charge is 0.387 e. The Labute approximate surface area is 263 Å². The number of nitrogens with zero attached hydrogens (tertiary/aromatic N) is 3. The summed E-state index contributed by atoms with van der Waals surface area (Å²) in [7, 11) is 0. The fraction of sp³-hybridized carbons (Fsp3) is 0.344. The van der Waals surface area contributed by atoms with Crippen LogP contribution in [0.1, 0.15) is 43.7 Å². The molecule has 4 aromatic rings. The number of fused-ring (bicyclic) bond motifs is 1. The van der Waals surface area contributed by atoms with Gasteiger partial charge < -0.3 is 21.8 Å². The number of halogens is 5. The lowest BCUT2D eigenvalue weighted by Gasteiger charge is -2.14. The Kier molecular flexibility index (Phi) is 11.2. The molecule has 0 bridgehead atoms. The van der Waals surface area contributed by atoms with Gasteiger partial charge in [-0.05, 0) is 74.1 Å². The molecule has 2 atom stereocenters. The van der Waals surface area contributed by atoms with Gasteiger partial charge >= 0.3 is 11.9 Å². The summed E-state index contributed by atoms with van der Waals surface area (Å²) < 4.78 is 53.7. The minimum absolute atomic E-state index is 0.0163. The standard InChI is InChI=1S/C32H36ClF4N7O/c1-3-23(11-12-40-28(39)16-32(35,36)37)41-17-20-7-9-24(10-8-20)44-18-22-15-27(42-30(22)43-31(44)45)25-13-21(6-4-5-19(2)38)14-26(33)29(25)34/h3,7-10,13-15,18-19,23,41H,1,4-6,11-12,16-17,38H2,2H3,(H2,39,40)(H,42,43,45)/t19-,23?/m0/s1. The molecule has 0 amide bonds. The van der Waals surface area contributed by atoms with E-state index in [4.69, 9.17) is 23.1 Å². The number of aliphatic imine (C=N–C) groups is 1. The predicted molar refractivity (Wildman–Crippen MR) is 171 cm³/mol. The summed E-state index contributed by atoms with van der Waals surface area (Å²) >= 11 is 6.22. The first-order valence-electron chi connectivity index (χ1n) is 14.5. The molecule has 0 fully saturated rings. The number of aromatic nitrogens is 3. The van der Waals surface area contributed by atoms with Crippen LogP contribution in [0.4, 0.5) is 17.6 Å². The lowest BCUT2D eigenvalue weighted by atomic mass is 10.0. The molecule has 0 aliphatic heterocycles. The fourth-order valence-corrected chi connectivity index (χ4v) is 5.12.